The Morgan fingerprint density at radius 1 is 1.21 bits per heavy atom. The lowest BCUT2D eigenvalue weighted by molar-refractivity contribution is -0.157. The van der Waals surface area contributed by atoms with Crippen molar-refractivity contribution in [1.29, 1.82) is 0 Å². The number of halogens is 4. The average molecular weight is 366 g/mol. The van der Waals surface area contributed by atoms with Gasteiger partial charge in [0.1, 0.15) is 0 Å². The van der Waals surface area contributed by atoms with Crippen LogP contribution >= 0.6 is 11.6 Å². The summed E-state index contributed by atoms with van der Waals surface area (Å²) in [4.78, 5) is 27.3. The van der Waals surface area contributed by atoms with Gasteiger partial charge in [0.2, 0.25) is 0 Å². The molecule has 0 aliphatic rings. The Bertz CT molecular complexity index is 614. The number of nitrogens with zero attached hydrogens (tertiary/aromatic N) is 1. The first-order chi connectivity index (χ1) is 11.2. The Morgan fingerprint density at radius 2 is 1.75 bits per heavy atom. The number of esters is 2. The highest BCUT2D eigenvalue weighted by atomic mass is 35.5. The van der Waals surface area contributed by atoms with E-state index in [0.29, 0.717) is 6.07 Å². The van der Waals surface area contributed by atoms with Crippen LogP contribution in [0.2, 0.25) is 5.02 Å². The van der Waals surface area contributed by atoms with Gasteiger partial charge in [-0.05, 0) is 32.0 Å². The molecular formula is C15H15ClF3NO4. The quantitative estimate of drug-likeness (QED) is 0.437. The van der Waals surface area contributed by atoms with E-state index in [1.54, 1.807) is 13.8 Å². The van der Waals surface area contributed by atoms with Crippen LogP contribution in [0.15, 0.2) is 23.2 Å². The smallest absolute Gasteiger partial charge is 0.416 e. The number of alkyl halides is 3. The van der Waals surface area contributed by atoms with Crippen LogP contribution in [-0.2, 0) is 25.2 Å². The molecular weight excluding hydrogens is 351 g/mol. The zero-order valence-electron chi connectivity index (χ0n) is 12.9. The SMILES string of the molecule is CCOC(=O)C(C=Nc1cc(C(F)(F)F)ccc1Cl)C(=O)OCC. The van der Waals surface area contributed by atoms with Crippen LogP contribution < -0.4 is 0 Å². The predicted molar refractivity (Wildman–Crippen MR) is 81.4 cm³/mol. The minimum absolute atomic E-state index is 0.0207. The van der Waals surface area contributed by atoms with E-state index in [9.17, 15) is 22.8 Å². The van der Waals surface area contributed by atoms with Gasteiger partial charge in [0, 0.05) is 6.21 Å². The predicted octanol–water partition coefficient (Wildman–Crippen LogP) is 3.80. The summed E-state index contributed by atoms with van der Waals surface area (Å²) >= 11 is 5.80. The summed E-state index contributed by atoms with van der Waals surface area (Å²) in [7, 11) is 0. The van der Waals surface area contributed by atoms with Crippen molar-refractivity contribution in [3.05, 3.63) is 28.8 Å². The molecule has 24 heavy (non-hydrogen) atoms. The zero-order valence-corrected chi connectivity index (χ0v) is 13.6. The zero-order chi connectivity index (χ0) is 18.3. The minimum Gasteiger partial charge on any atom is -0.465 e. The number of ether oxygens (including phenoxy) is 2. The first-order valence-electron chi connectivity index (χ1n) is 6.94. The van der Waals surface area contributed by atoms with Crippen LogP contribution in [0.5, 0.6) is 0 Å². The molecule has 1 aromatic carbocycles. The lowest BCUT2D eigenvalue weighted by Gasteiger charge is -2.11. The van der Waals surface area contributed by atoms with Crippen molar-refractivity contribution in [3.63, 3.8) is 0 Å². The minimum atomic E-state index is -4.57. The van der Waals surface area contributed by atoms with Crippen LogP contribution in [0.4, 0.5) is 18.9 Å². The molecule has 0 saturated heterocycles. The molecule has 0 amide bonds. The van der Waals surface area contributed by atoms with Gasteiger partial charge in [-0.2, -0.15) is 13.2 Å². The third kappa shape index (κ3) is 5.52. The maximum atomic E-state index is 12.7. The molecule has 0 atom stereocenters. The summed E-state index contributed by atoms with van der Waals surface area (Å²) in [5.41, 5.74) is -1.19. The normalized spacial score (nSPS) is 11.8. The Balaban J connectivity index is 3.13. The van der Waals surface area contributed by atoms with Crippen LogP contribution in [-0.4, -0.2) is 31.4 Å². The van der Waals surface area contributed by atoms with Crippen molar-refractivity contribution < 1.29 is 32.2 Å². The van der Waals surface area contributed by atoms with E-state index in [1.807, 2.05) is 0 Å². The summed E-state index contributed by atoms with van der Waals surface area (Å²) in [6.45, 7) is 3.13. The molecule has 1 aromatic rings. The lowest BCUT2D eigenvalue weighted by atomic mass is 10.1. The molecule has 0 spiro atoms. The molecule has 0 radical (unpaired) electrons. The first kappa shape index (κ1) is 20.0. The van der Waals surface area contributed by atoms with Gasteiger partial charge >= 0.3 is 18.1 Å². The summed E-state index contributed by atoms with van der Waals surface area (Å²) in [6, 6.07) is 2.54. The van der Waals surface area contributed by atoms with Crippen LogP contribution in [0.25, 0.3) is 0 Å². The van der Waals surface area contributed by atoms with Crippen molar-refractivity contribution >= 4 is 35.4 Å². The van der Waals surface area contributed by atoms with Gasteiger partial charge < -0.3 is 9.47 Å². The number of aliphatic imine (C=N–C) groups is 1. The van der Waals surface area contributed by atoms with E-state index in [-0.39, 0.29) is 23.9 Å². The van der Waals surface area contributed by atoms with Gasteiger partial charge in [0.05, 0.1) is 29.5 Å². The molecule has 0 aliphatic carbocycles. The number of rotatable bonds is 6. The fraction of sp³-hybridized carbons (Fsp3) is 0.400. The van der Waals surface area contributed by atoms with Crippen molar-refractivity contribution in [3.8, 4) is 0 Å². The number of benzene rings is 1. The Hall–Kier alpha value is -2.09. The van der Waals surface area contributed by atoms with E-state index in [1.165, 1.54) is 0 Å². The van der Waals surface area contributed by atoms with Crippen molar-refractivity contribution in [2.45, 2.75) is 20.0 Å². The van der Waals surface area contributed by atoms with E-state index < -0.39 is 29.6 Å². The van der Waals surface area contributed by atoms with Crippen LogP contribution in [0.3, 0.4) is 0 Å². The van der Waals surface area contributed by atoms with Gasteiger partial charge in [-0.1, -0.05) is 11.6 Å². The molecule has 0 unspecified atom stereocenters. The highest BCUT2D eigenvalue weighted by molar-refractivity contribution is 6.33. The molecule has 0 fully saturated rings. The van der Waals surface area contributed by atoms with Crippen LogP contribution in [0.1, 0.15) is 19.4 Å². The number of hydrogen-bond acceptors (Lipinski definition) is 5. The van der Waals surface area contributed by atoms with Crippen molar-refractivity contribution in [1.82, 2.24) is 0 Å². The third-order valence-corrected chi connectivity index (χ3v) is 3.04. The van der Waals surface area contributed by atoms with Gasteiger partial charge in [-0.25, -0.2) is 0 Å². The monoisotopic (exact) mass is 365 g/mol. The summed E-state index contributed by atoms with van der Waals surface area (Å²) < 4.78 is 47.6. The average Bonchev–Trinajstić information content (AvgIpc) is 2.48. The first-order valence-corrected chi connectivity index (χ1v) is 7.32. The van der Waals surface area contributed by atoms with E-state index in [2.05, 4.69) is 4.99 Å². The molecule has 0 N–H and O–H groups in total. The number of hydrogen-bond donors (Lipinski definition) is 0. The van der Waals surface area contributed by atoms with Gasteiger partial charge in [-0.15, -0.1) is 0 Å². The highest BCUT2D eigenvalue weighted by Gasteiger charge is 2.31. The standard InChI is InChI=1S/C15H15ClF3NO4/c1-3-23-13(21)10(14(22)24-4-2)8-20-12-7-9(15(17,18)19)5-6-11(12)16/h5-8,10H,3-4H2,1-2H3. The molecule has 0 saturated carbocycles. The molecule has 0 bridgehead atoms. The summed E-state index contributed by atoms with van der Waals surface area (Å²) in [6.07, 6.45) is -3.71. The molecule has 0 aliphatic heterocycles. The Labute approximate surface area is 141 Å². The molecule has 132 valence electrons. The fourth-order valence-electron chi connectivity index (χ4n) is 1.62. The number of carbonyl (C=O) groups excluding carboxylic acids is 2. The summed E-state index contributed by atoms with van der Waals surface area (Å²) in [5.74, 6) is -3.32. The Morgan fingerprint density at radius 3 is 2.21 bits per heavy atom. The van der Waals surface area contributed by atoms with Crippen molar-refractivity contribution in [2.24, 2.45) is 10.9 Å². The second kappa shape index (κ2) is 8.68. The van der Waals surface area contributed by atoms with E-state index in [0.717, 1.165) is 18.3 Å². The molecule has 0 aromatic heterocycles. The fourth-order valence-corrected chi connectivity index (χ4v) is 1.79. The maximum absolute atomic E-state index is 12.7. The second-order valence-electron chi connectivity index (χ2n) is 4.42. The van der Waals surface area contributed by atoms with E-state index in [4.69, 9.17) is 21.1 Å². The third-order valence-electron chi connectivity index (χ3n) is 2.72. The van der Waals surface area contributed by atoms with Gasteiger partial charge in [0.25, 0.3) is 0 Å². The number of carbonyl (C=O) groups is 2. The maximum Gasteiger partial charge on any atom is 0.416 e. The van der Waals surface area contributed by atoms with Gasteiger partial charge in [0.15, 0.2) is 5.92 Å². The van der Waals surface area contributed by atoms with E-state index >= 15 is 0 Å². The topological polar surface area (TPSA) is 65.0 Å². The summed E-state index contributed by atoms with van der Waals surface area (Å²) in [5, 5.41) is -0.0642. The molecule has 5 nitrogen and oxygen atoms in total. The van der Waals surface area contributed by atoms with Crippen LogP contribution in [0, 0.1) is 5.92 Å². The Kier molecular flexibility index (Phi) is 7.21. The lowest BCUT2D eigenvalue weighted by Crippen LogP contribution is -2.29. The van der Waals surface area contributed by atoms with Gasteiger partial charge in [-0.3, -0.25) is 14.6 Å². The van der Waals surface area contributed by atoms with Crippen molar-refractivity contribution in [2.75, 3.05) is 13.2 Å². The second-order valence-corrected chi connectivity index (χ2v) is 4.83. The molecule has 9 heteroatoms. The molecule has 1 rings (SSSR count). The molecule has 0 heterocycles. The largest absolute Gasteiger partial charge is 0.465 e. The highest BCUT2D eigenvalue weighted by Crippen LogP contribution is 2.35.